The van der Waals surface area contributed by atoms with Crippen LogP contribution in [0.2, 0.25) is 0 Å². The van der Waals surface area contributed by atoms with Crippen LogP contribution in [0.1, 0.15) is 0 Å². The Balaban J connectivity index is 3.82. The summed E-state index contributed by atoms with van der Waals surface area (Å²) >= 11 is 3.83. The van der Waals surface area contributed by atoms with Crippen LogP contribution in [0.25, 0.3) is 0 Å². The molecule has 6 N–H and O–H groups in total. The second-order valence-corrected chi connectivity index (χ2v) is 2.55. The van der Waals surface area contributed by atoms with E-state index < -0.39 is 11.6 Å². The fourth-order valence-electron chi connectivity index (χ4n) is 0.356. The number of hydrogen-bond acceptors (Lipinski definition) is 6. The first-order chi connectivity index (χ1) is 5.04. The minimum absolute atomic E-state index is 0.140. The highest BCUT2D eigenvalue weighted by molar-refractivity contribution is 7.80. The van der Waals surface area contributed by atoms with Crippen molar-refractivity contribution in [3.05, 3.63) is 0 Å². The SMILES string of the molecule is NCC(N)(N)C(=O)OCCS. The number of hydrogen-bond donors (Lipinski definition) is 4. The third kappa shape index (κ3) is 3.57. The van der Waals surface area contributed by atoms with E-state index in [-0.39, 0.29) is 13.2 Å². The molecule has 0 atom stereocenters. The van der Waals surface area contributed by atoms with Gasteiger partial charge in [0.2, 0.25) is 0 Å². The molecule has 0 fully saturated rings. The summed E-state index contributed by atoms with van der Waals surface area (Å²) in [6, 6.07) is 0. The third-order valence-electron chi connectivity index (χ3n) is 1.04. The smallest absolute Gasteiger partial charge is 0.342 e. The van der Waals surface area contributed by atoms with Gasteiger partial charge in [0.15, 0.2) is 5.66 Å². The van der Waals surface area contributed by atoms with Crippen LogP contribution in [0, 0.1) is 0 Å². The van der Waals surface area contributed by atoms with Gasteiger partial charge < -0.3 is 21.9 Å². The van der Waals surface area contributed by atoms with Gasteiger partial charge in [-0.25, -0.2) is 4.79 Å². The highest BCUT2D eigenvalue weighted by Gasteiger charge is 2.28. The third-order valence-corrected chi connectivity index (χ3v) is 1.22. The molecule has 0 aliphatic heterocycles. The Labute approximate surface area is 70.6 Å². The molecular weight excluding hydrogens is 166 g/mol. The molecule has 0 spiro atoms. The lowest BCUT2D eigenvalue weighted by Crippen LogP contribution is -2.62. The molecule has 5 nitrogen and oxygen atoms in total. The molecule has 0 aromatic rings. The molecule has 0 saturated heterocycles. The van der Waals surface area contributed by atoms with Crippen molar-refractivity contribution in [2.24, 2.45) is 17.2 Å². The van der Waals surface area contributed by atoms with Gasteiger partial charge in [0.1, 0.15) is 6.61 Å². The van der Waals surface area contributed by atoms with Gasteiger partial charge in [-0.3, -0.25) is 0 Å². The fraction of sp³-hybridized carbons (Fsp3) is 0.800. The second kappa shape index (κ2) is 4.55. The summed E-state index contributed by atoms with van der Waals surface area (Å²) in [6.07, 6.45) is 0. The number of ether oxygens (including phenoxy) is 1. The summed E-state index contributed by atoms with van der Waals surface area (Å²) in [7, 11) is 0. The molecule has 0 radical (unpaired) electrons. The number of esters is 1. The minimum Gasteiger partial charge on any atom is -0.462 e. The first-order valence-electron chi connectivity index (χ1n) is 3.10. The van der Waals surface area contributed by atoms with Crippen LogP contribution in [-0.2, 0) is 9.53 Å². The number of carbonyl (C=O) groups excluding carboxylic acids is 1. The molecule has 11 heavy (non-hydrogen) atoms. The van der Waals surface area contributed by atoms with E-state index in [1.54, 1.807) is 0 Å². The molecular formula is C5H13N3O2S. The maximum Gasteiger partial charge on any atom is 0.342 e. The summed E-state index contributed by atoms with van der Waals surface area (Å²) in [5.74, 6) is -0.263. The summed E-state index contributed by atoms with van der Waals surface area (Å²) < 4.78 is 4.60. The number of nitrogens with two attached hydrogens (primary N) is 3. The molecule has 0 aliphatic rings. The minimum atomic E-state index is -1.57. The van der Waals surface area contributed by atoms with Crippen LogP contribution in [0.5, 0.6) is 0 Å². The molecule has 0 saturated carbocycles. The average molecular weight is 179 g/mol. The maximum atomic E-state index is 10.9. The van der Waals surface area contributed by atoms with Gasteiger partial charge in [-0.1, -0.05) is 0 Å². The molecule has 0 aromatic heterocycles. The summed E-state index contributed by atoms with van der Waals surface area (Å²) in [5.41, 5.74) is 14.0. The Hall–Kier alpha value is -0.300. The van der Waals surface area contributed by atoms with Crippen molar-refractivity contribution in [2.75, 3.05) is 18.9 Å². The van der Waals surface area contributed by atoms with Crippen LogP contribution < -0.4 is 17.2 Å². The normalized spacial score (nSPS) is 11.3. The van der Waals surface area contributed by atoms with Crippen molar-refractivity contribution in [3.63, 3.8) is 0 Å². The lowest BCUT2D eigenvalue weighted by molar-refractivity contribution is -0.148. The van der Waals surface area contributed by atoms with Crippen molar-refractivity contribution in [2.45, 2.75) is 5.66 Å². The zero-order valence-corrected chi connectivity index (χ0v) is 7.01. The van der Waals surface area contributed by atoms with Crippen molar-refractivity contribution in [1.82, 2.24) is 0 Å². The molecule has 0 aliphatic carbocycles. The van der Waals surface area contributed by atoms with Crippen molar-refractivity contribution < 1.29 is 9.53 Å². The Morgan fingerprint density at radius 1 is 1.55 bits per heavy atom. The Morgan fingerprint density at radius 2 is 2.09 bits per heavy atom. The van der Waals surface area contributed by atoms with E-state index in [1.807, 2.05) is 0 Å². The van der Waals surface area contributed by atoms with Crippen molar-refractivity contribution in [1.29, 1.82) is 0 Å². The lowest BCUT2D eigenvalue weighted by Gasteiger charge is -2.19. The molecule has 66 valence electrons. The Kier molecular flexibility index (Phi) is 4.43. The number of carbonyl (C=O) groups is 1. The largest absolute Gasteiger partial charge is 0.462 e. The predicted octanol–water partition coefficient (Wildman–Crippen LogP) is -1.97. The van der Waals surface area contributed by atoms with Crippen molar-refractivity contribution in [3.8, 4) is 0 Å². The highest BCUT2D eigenvalue weighted by atomic mass is 32.1. The summed E-state index contributed by atoms with van der Waals surface area (Å²) in [4.78, 5) is 10.9. The molecule has 0 amide bonds. The molecule has 6 heteroatoms. The molecule has 0 aromatic carbocycles. The van der Waals surface area contributed by atoms with E-state index in [1.165, 1.54) is 0 Å². The van der Waals surface area contributed by atoms with Crippen LogP contribution in [-0.4, -0.2) is 30.5 Å². The highest BCUT2D eigenvalue weighted by Crippen LogP contribution is 1.92. The molecule has 0 unspecified atom stereocenters. The fourth-order valence-corrected chi connectivity index (χ4v) is 0.447. The van der Waals surface area contributed by atoms with Gasteiger partial charge in [-0.15, -0.1) is 0 Å². The molecule has 0 heterocycles. The van der Waals surface area contributed by atoms with Gasteiger partial charge in [0.25, 0.3) is 0 Å². The summed E-state index contributed by atoms with van der Waals surface area (Å²) in [5, 5.41) is 0. The van der Waals surface area contributed by atoms with E-state index in [2.05, 4.69) is 17.4 Å². The van der Waals surface area contributed by atoms with Gasteiger partial charge in [-0.2, -0.15) is 12.6 Å². The molecule has 0 rings (SSSR count). The summed E-state index contributed by atoms with van der Waals surface area (Å²) in [6.45, 7) is 0.0521. The van der Waals surface area contributed by atoms with E-state index in [4.69, 9.17) is 17.2 Å². The van der Waals surface area contributed by atoms with Crippen LogP contribution in [0.4, 0.5) is 0 Å². The Morgan fingerprint density at radius 3 is 2.45 bits per heavy atom. The van der Waals surface area contributed by atoms with Crippen LogP contribution >= 0.6 is 12.6 Å². The topological polar surface area (TPSA) is 104 Å². The van der Waals surface area contributed by atoms with Gasteiger partial charge in [-0.05, 0) is 0 Å². The van der Waals surface area contributed by atoms with Crippen LogP contribution in [0.3, 0.4) is 0 Å². The van der Waals surface area contributed by atoms with Gasteiger partial charge in [0, 0.05) is 12.3 Å². The van der Waals surface area contributed by atoms with E-state index in [0.29, 0.717) is 5.75 Å². The maximum absolute atomic E-state index is 10.9. The van der Waals surface area contributed by atoms with Gasteiger partial charge >= 0.3 is 5.97 Å². The standard InChI is InChI=1S/C5H13N3O2S/c6-3-5(7,8)4(9)10-1-2-11/h11H,1-3,6-8H2. The van der Waals surface area contributed by atoms with E-state index in [9.17, 15) is 4.79 Å². The quantitative estimate of drug-likeness (QED) is 0.228. The number of rotatable bonds is 4. The molecule has 0 bridgehead atoms. The zero-order chi connectivity index (χ0) is 8.91. The monoisotopic (exact) mass is 179 g/mol. The lowest BCUT2D eigenvalue weighted by atomic mass is 10.2. The van der Waals surface area contributed by atoms with Gasteiger partial charge in [0.05, 0.1) is 0 Å². The second-order valence-electron chi connectivity index (χ2n) is 2.10. The van der Waals surface area contributed by atoms with E-state index >= 15 is 0 Å². The number of thiol groups is 1. The predicted molar refractivity (Wildman–Crippen MR) is 45.0 cm³/mol. The zero-order valence-electron chi connectivity index (χ0n) is 6.12. The van der Waals surface area contributed by atoms with Crippen molar-refractivity contribution >= 4 is 18.6 Å². The first-order valence-corrected chi connectivity index (χ1v) is 3.73. The van der Waals surface area contributed by atoms with E-state index in [0.717, 1.165) is 0 Å². The Bertz CT molecular complexity index is 140. The first kappa shape index (κ1) is 10.7. The average Bonchev–Trinajstić information content (AvgIpc) is 2.00. The van der Waals surface area contributed by atoms with Crippen LogP contribution in [0.15, 0.2) is 0 Å².